The van der Waals surface area contributed by atoms with E-state index in [0.29, 0.717) is 45.5 Å². The minimum atomic E-state index is -4.66. The Kier molecular flexibility index (Phi) is 11.7. The van der Waals surface area contributed by atoms with Crippen LogP contribution in [0, 0.1) is 5.92 Å². The molecular formula is C42H43F3N6O5. The second-order valence-corrected chi connectivity index (χ2v) is 14.3. The number of rotatable bonds is 14. The number of imide groups is 1. The molecule has 3 heterocycles. The standard InChI is InChI=1S/C42H43F3N6O5/c1-55-36-23-32-29(21-33(36)48-40(53)31-12-8-15-37(47-31)42(43,44)45)25-51(50-32)30-18-16-26(17-19-30)24-46-20-6-2-3-9-27-10-4-5-13-34(27)56-35-14-7-11-28-22-38(52)49-41(54)39(28)35/h4-5,7-8,10-15,21,23,25-26,30,46H,2-3,6,9,16-20,22,24H2,1H3,(H,48,53)(H,49,52,54)/t26-,30-. The number of halogens is 3. The summed E-state index contributed by atoms with van der Waals surface area (Å²) in [4.78, 5) is 40.7. The number of hydrogen-bond donors (Lipinski definition) is 3. The zero-order chi connectivity index (χ0) is 39.2. The third kappa shape index (κ3) is 9.02. The van der Waals surface area contributed by atoms with Crippen molar-refractivity contribution >= 4 is 34.3 Å². The monoisotopic (exact) mass is 768 g/mol. The fourth-order valence-electron chi connectivity index (χ4n) is 7.49. The number of nitrogens with zero attached hydrogens (tertiary/aromatic N) is 3. The summed E-state index contributed by atoms with van der Waals surface area (Å²) in [5.41, 5.74) is 1.68. The molecule has 292 valence electrons. The number of aryl methyl sites for hydroxylation is 1. The minimum Gasteiger partial charge on any atom is -0.494 e. The van der Waals surface area contributed by atoms with Crippen LogP contribution in [0.2, 0.25) is 0 Å². The van der Waals surface area contributed by atoms with Crippen molar-refractivity contribution < 1.29 is 37.0 Å². The number of fused-ring (bicyclic) bond motifs is 2. The lowest BCUT2D eigenvalue weighted by Gasteiger charge is -2.28. The summed E-state index contributed by atoms with van der Waals surface area (Å²) in [6.45, 7) is 1.91. The number of para-hydroxylation sites is 1. The maximum absolute atomic E-state index is 13.1. The van der Waals surface area contributed by atoms with Crippen molar-refractivity contribution in [1.29, 1.82) is 0 Å². The van der Waals surface area contributed by atoms with Gasteiger partial charge in [0.05, 0.1) is 36.3 Å². The molecule has 1 fully saturated rings. The minimum absolute atomic E-state index is 0.154. The topological polar surface area (TPSA) is 136 Å². The van der Waals surface area contributed by atoms with Gasteiger partial charge in [-0.25, -0.2) is 4.98 Å². The Balaban J connectivity index is 0.845. The molecular weight excluding hydrogens is 725 g/mol. The highest BCUT2D eigenvalue weighted by atomic mass is 19.4. The highest BCUT2D eigenvalue weighted by molar-refractivity contribution is 6.11. The van der Waals surface area contributed by atoms with Gasteiger partial charge in [-0.15, -0.1) is 0 Å². The average molecular weight is 769 g/mol. The molecule has 3 N–H and O–H groups in total. The number of aromatic nitrogens is 3. The average Bonchev–Trinajstić information content (AvgIpc) is 3.60. The molecule has 5 aromatic rings. The van der Waals surface area contributed by atoms with Crippen LogP contribution >= 0.6 is 0 Å². The quantitative estimate of drug-likeness (QED) is 0.0763. The smallest absolute Gasteiger partial charge is 0.433 e. The van der Waals surface area contributed by atoms with Crippen LogP contribution in [0.1, 0.15) is 88.7 Å². The van der Waals surface area contributed by atoms with E-state index < -0.39 is 23.7 Å². The van der Waals surface area contributed by atoms with Crippen molar-refractivity contribution in [1.82, 2.24) is 25.4 Å². The van der Waals surface area contributed by atoms with E-state index in [1.165, 1.54) is 13.2 Å². The number of nitrogens with one attached hydrogen (secondary N) is 3. The van der Waals surface area contributed by atoms with Gasteiger partial charge in [0.1, 0.15) is 28.6 Å². The number of unbranched alkanes of at least 4 members (excludes halogenated alkanes) is 2. The molecule has 11 nitrogen and oxygen atoms in total. The van der Waals surface area contributed by atoms with Crippen LogP contribution < -0.4 is 25.4 Å². The number of carbonyl (C=O) groups is 3. The molecule has 3 amide bonds. The van der Waals surface area contributed by atoms with Crippen LogP contribution in [0.4, 0.5) is 18.9 Å². The predicted octanol–water partition coefficient (Wildman–Crippen LogP) is 8.05. The maximum Gasteiger partial charge on any atom is 0.433 e. The molecule has 0 saturated heterocycles. The summed E-state index contributed by atoms with van der Waals surface area (Å²) < 4.78 is 53.1. The Morgan fingerprint density at radius 1 is 0.929 bits per heavy atom. The third-order valence-electron chi connectivity index (χ3n) is 10.4. The fourth-order valence-corrected chi connectivity index (χ4v) is 7.49. The molecule has 56 heavy (non-hydrogen) atoms. The van der Waals surface area contributed by atoms with Crippen LogP contribution in [0.15, 0.2) is 79.0 Å². The molecule has 2 aliphatic rings. The number of ether oxygens (including phenoxy) is 2. The lowest BCUT2D eigenvalue weighted by molar-refractivity contribution is -0.141. The SMILES string of the molecule is COc1cc2nn([C@H]3CC[C@H](CNCCCCCc4ccccc4Oc4cccc5c4C(=O)NC(=O)C5)CC3)cc2cc1NC(=O)c1cccc(C(F)(F)F)n1. The molecule has 0 atom stereocenters. The van der Waals surface area contributed by atoms with Crippen molar-refractivity contribution in [2.75, 3.05) is 25.5 Å². The summed E-state index contributed by atoms with van der Waals surface area (Å²) in [5, 5.41) is 14.3. The third-order valence-corrected chi connectivity index (χ3v) is 10.4. The largest absolute Gasteiger partial charge is 0.494 e. The number of amides is 3. The number of alkyl halides is 3. The fraction of sp³-hybridized carbons (Fsp3) is 0.357. The molecule has 1 aliphatic carbocycles. The Morgan fingerprint density at radius 2 is 1.71 bits per heavy atom. The normalized spacial score (nSPS) is 17.0. The zero-order valence-electron chi connectivity index (χ0n) is 31.0. The second kappa shape index (κ2) is 16.9. The van der Waals surface area contributed by atoms with E-state index in [0.717, 1.165) is 87.5 Å². The highest BCUT2D eigenvalue weighted by Crippen LogP contribution is 2.36. The summed E-state index contributed by atoms with van der Waals surface area (Å²) in [5.74, 6) is 0.571. The molecule has 2 aromatic heterocycles. The number of pyridine rings is 1. The van der Waals surface area contributed by atoms with Gasteiger partial charge in [0.2, 0.25) is 5.91 Å². The number of benzene rings is 3. The summed E-state index contributed by atoms with van der Waals surface area (Å²) in [6, 6.07) is 20.1. The van der Waals surface area contributed by atoms with Crippen LogP contribution in [0.3, 0.4) is 0 Å². The van der Waals surface area contributed by atoms with E-state index in [4.69, 9.17) is 14.6 Å². The molecule has 0 unspecified atom stereocenters. The predicted molar refractivity (Wildman–Crippen MR) is 204 cm³/mol. The van der Waals surface area contributed by atoms with Crippen LogP contribution in [-0.2, 0) is 23.8 Å². The van der Waals surface area contributed by atoms with E-state index in [1.54, 1.807) is 30.3 Å². The van der Waals surface area contributed by atoms with Crippen LogP contribution in [-0.4, -0.2) is 52.7 Å². The Hall–Kier alpha value is -5.76. The first-order valence-corrected chi connectivity index (χ1v) is 18.9. The Bertz CT molecular complexity index is 2230. The van der Waals surface area contributed by atoms with Gasteiger partial charge in [0.15, 0.2) is 0 Å². The molecule has 3 aromatic carbocycles. The van der Waals surface area contributed by atoms with Gasteiger partial charge in [0, 0.05) is 17.6 Å². The molecule has 7 rings (SSSR count). The van der Waals surface area contributed by atoms with E-state index in [2.05, 4.69) is 20.9 Å². The molecule has 14 heteroatoms. The van der Waals surface area contributed by atoms with Crippen LogP contribution in [0.25, 0.3) is 10.9 Å². The molecule has 0 spiro atoms. The number of carbonyl (C=O) groups excluding carboxylic acids is 3. The van der Waals surface area contributed by atoms with Gasteiger partial charge in [0.25, 0.3) is 11.8 Å². The van der Waals surface area contributed by atoms with Crippen LogP contribution in [0.5, 0.6) is 17.2 Å². The lowest BCUT2D eigenvalue weighted by Crippen LogP contribution is -2.37. The molecule has 1 saturated carbocycles. The van der Waals surface area contributed by atoms with Gasteiger partial charge in [-0.1, -0.05) is 42.8 Å². The molecule has 1 aliphatic heterocycles. The number of methoxy groups -OCH3 is 1. The lowest BCUT2D eigenvalue weighted by atomic mass is 9.86. The Morgan fingerprint density at radius 3 is 2.52 bits per heavy atom. The summed E-state index contributed by atoms with van der Waals surface area (Å²) >= 11 is 0. The highest BCUT2D eigenvalue weighted by Gasteiger charge is 2.33. The van der Waals surface area contributed by atoms with Gasteiger partial charge >= 0.3 is 6.18 Å². The number of hydrogen-bond acceptors (Lipinski definition) is 8. The van der Waals surface area contributed by atoms with Gasteiger partial charge in [-0.05, 0) is 105 Å². The summed E-state index contributed by atoms with van der Waals surface area (Å²) in [7, 11) is 1.45. The van der Waals surface area contributed by atoms with Gasteiger partial charge in [-0.3, -0.25) is 24.4 Å². The first kappa shape index (κ1) is 38.5. The van der Waals surface area contributed by atoms with Crippen molar-refractivity contribution in [3.8, 4) is 17.2 Å². The van der Waals surface area contributed by atoms with Crippen molar-refractivity contribution in [2.45, 2.75) is 70.0 Å². The van der Waals surface area contributed by atoms with Gasteiger partial charge in [-0.2, -0.15) is 18.3 Å². The van der Waals surface area contributed by atoms with Crippen molar-refractivity contribution in [2.24, 2.45) is 5.92 Å². The zero-order valence-corrected chi connectivity index (χ0v) is 31.0. The van der Waals surface area contributed by atoms with Crippen molar-refractivity contribution in [3.63, 3.8) is 0 Å². The van der Waals surface area contributed by atoms with E-state index in [-0.39, 0.29) is 24.1 Å². The first-order valence-electron chi connectivity index (χ1n) is 18.9. The van der Waals surface area contributed by atoms with E-state index >= 15 is 0 Å². The van der Waals surface area contributed by atoms with Gasteiger partial charge < -0.3 is 20.1 Å². The maximum atomic E-state index is 13.1. The molecule has 0 bridgehead atoms. The summed E-state index contributed by atoms with van der Waals surface area (Å²) in [6.07, 6.45) is 5.51. The van der Waals surface area contributed by atoms with E-state index in [9.17, 15) is 27.6 Å². The number of anilines is 1. The second-order valence-electron chi connectivity index (χ2n) is 14.3. The Labute approximate surface area is 322 Å². The van der Waals surface area contributed by atoms with E-state index in [1.807, 2.05) is 35.1 Å². The van der Waals surface area contributed by atoms with Crippen molar-refractivity contribution in [3.05, 3.63) is 107 Å². The first-order chi connectivity index (χ1) is 27.1. The molecule has 0 radical (unpaired) electrons.